The second-order valence-corrected chi connectivity index (χ2v) is 5.95. The van der Waals surface area contributed by atoms with Crippen LogP contribution in [0.4, 0.5) is 5.69 Å². The lowest BCUT2D eigenvalue weighted by Crippen LogP contribution is -2.14. The number of methoxy groups -OCH3 is 2. The van der Waals surface area contributed by atoms with E-state index in [1.54, 1.807) is 24.3 Å². The average molecular weight is 385 g/mol. The topological polar surface area (TPSA) is 47.6 Å². The van der Waals surface area contributed by atoms with Crippen molar-refractivity contribution in [3.05, 3.63) is 51.0 Å². The van der Waals surface area contributed by atoms with E-state index in [2.05, 4.69) is 21.2 Å². The molecule has 0 heterocycles. The smallest absolute Gasteiger partial charge is 0.259 e. The summed E-state index contributed by atoms with van der Waals surface area (Å²) in [5, 5.41) is 3.31. The summed E-state index contributed by atoms with van der Waals surface area (Å²) in [5.41, 5.74) is 1.79. The Morgan fingerprint density at radius 1 is 1.18 bits per heavy atom. The molecule has 22 heavy (non-hydrogen) atoms. The van der Waals surface area contributed by atoms with E-state index in [-0.39, 0.29) is 5.91 Å². The van der Waals surface area contributed by atoms with Gasteiger partial charge < -0.3 is 14.8 Å². The third-order valence-electron chi connectivity index (χ3n) is 3.10. The van der Waals surface area contributed by atoms with Crippen LogP contribution < -0.4 is 14.8 Å². The van der Waals surface area contributed by atoms with E-state index in [0.29, 0.717) is 27.8 Å². The van der Waals surface area contributed by atoms with Crippen LogP contribution in [0.5, 0.6) is 11.5 Å². The average Bonchev–Trinajstić information content (AvgIpc) is 2.46. The Hall–Kier alpha value is -1.72. The van der Waals surface area contributed by atoms with Crippen molar-refractivity contribution in [1.29, 1.82) is 0 Å². The summed E-state index contributed by atoms with van der Waals surface area (Å²) >= 11 is 9.36. The fourth-order valence-corrected chi connectivity index (χ4v) is 2.88. The highest BCUT2D eigenvalue weighted by Crippen LogP contribution is 2.31. The first kappa shape index (κ1) is 16.6. The van der Waals surface area contributed by atoms with Crippen LogP contribution >= 0.6 is 27.5 Å². The molecule has 2 aromatic rings. The Bertz CT molecular complexity index is 719. The lowest BCUT2D eigenvalue weighted by atomic mass is 10.1. The summed E-state index contributed by atoms with van der Waals surface area (Å²) in [7, 11) is 3.07. The number of amides is 1. The van der Waals surface area contributed by atoms with Gasteiger partial charge in [-0.3, -0.25) is 4.79 Å². The van der Waals surface area contributed by atoms with E-state index in [9.17, 15) is 4.79 Å². The normalized spacial score (nSPS) is 10.2. The number of aryl methyl sites for hydroxylation is 1. The second kappa shape index (κ2) is 7.03. The highest BCUT2D eigenvalue weighted by atomic mass is 79.9. The quantitative estimate of drug-likeness (QED) is 0.832. The molecule has 1 N–H and O–H groups in total. The minimum absolute atomic E-state index is 0.304. The van der Waals surface area contributed by atoms with Crippen molar-refractivity contribution in [3.8, 4) is 11.5 Å². The lowest BCUT2D eigenvalue weighted by molar-refractivity contribution is 0.102. The van der Waals surface area contributed by atoms with Crippen molar-refractivity contribution in [2.45, 2.75) is 6.92 Å². The summed E-state index contributed by atoms with van der Waals surface area (Å²) in [4.78, 5) is 12.6. The van der Waals surface area contributed by atoms with Crippen molar-refractivity contribution in [3.63, 3.8) is 0 Å². The van der Waals surface area contributed by atoms with Crippen LogP contribution in [-0.2, 0) is 0 Å². The maximum absolute atomic E-state index is 12.6. The van der Waals surface area contributed by atoms with Crippen LogP contribution in [0.2, 0.25) is 5.02 Å². The summed E-state index contributed by atoms with van der Waals surface area (Å²) in [5.74, 6) is 0.756. The van der Waals surface area contributed by atoms with Gasteiger partial charge in [0, 0.05) is 9.50 Å². The fraction of sp³-hybridized carbons (Fsp3) is 0.188. The third-order valence-corrected chi connectivity index (χ3v) is 3.79. The van der Waals surface area contributed by atoms with E-state index >= 15 is 0 Å². The number of benzene rings is 2. The van der Waals surface area contributed by atoms with Gasteiger partial charge in [-0.25, -0.2) is 0 Å². The summed E-state index contributed by atoms with van der Waals surface area (Å²) in [6, 6.07) is 8.62. The van der Waals surface area contributed by atoms with Crippen molar-refractivity contribution >= 4 is 39.1 Å². The second-order valence-electron chi connectivity index (χ2n) is 4.60. The van der Waals surface area contributed by atoms with Gasteiger partial charge in [0.2, 0.25) is 0 Å². The molecule has 0 saturated carbocycles. The molecule has 0 fully saturated rings. The molecule has 1 amide bonds. The SMILES string of the molecule is COc1ccc(Cl)cc1NC(=O)c1cc(Br)cc(C)c1OC. The molecule has 0 radical (unpaired) electrons. The molecular weight excluding hydrogens is 370 g/mol. The van der Waals surface area contributed by atoms with E-state index in [4.69, 9.17) is 21.1 Å². The molecule has 0 aliphatic carbocycles. The van der Waals surface area contributed by atoms with Crippen molar-refractivity contribution < 1.29 is 14.3 Å². The zero-order chi connectivity index (χ0) is 16.3. The largest absolute Gasteiger partial charge is 0.496 e. The van der Waals surface area contributed by atoms with Crippen LogP contribution in [0, 0.1) is 6.92 Å². The summed E-state index contributed by atoms with van der Waals surface area (Å²) < 4.78 is 11.4. The van der Waals surface area contributed by atoms with Gasteiger partial charge in [-0.2, -0.15) is 0 Å². The zero-order valence-electron chi connectivity index (χ0n) is 12.4. The molecule has 0 aromatic heterocycles. The van der Waals surface area contributed by atoms with Gasteiger partial charge in [-0.15, -0.1) is 0 Å². The molecule has 0 bridgehead atoms. The first-order valence-corrected chi connectivity index (χ1v) is 7.62. The molecule has 4 nitrogen and oxygen atoms in total. The standard InChI is InChI=1S/C16H15BrClNO3/c1-9-6-10(17)7-12(15(9)22-3)16(20)19-13-8-11(18)4-5-14(13)21-2/h4-8H,1-3H3,(H,19,20). The van der Waals surface area contributed by atoms with Gasteiger partial charge >= 0.3 is 0 Å². The highest BCUT2D eigenvalue weighted by Gasteiger charge is 2.17. The predicted molar refractivity (Wildman–Crippen MR) is 91.4 cm³/mol. The minimum Gasteiger partial charge on any atom is -0.496 e. The molecule has 0 unspecified atom stereocenters. The Balaban J connectivity index is 2.40. The number of nitrogens with one attached hydrogen (secondary N) is 1. The first-order chi connectivity index (χ1) is 10.5. The van der Waals surface area contributed by atoms with Crippen LogP contribution in [-0.4, -0.2) is 20.1 Å². The third kappa shape index (κ3) is 3.54. The number of carbonyl (C=O) groups excluding carboxylic acids is 1. The van der Waals surface area contributed by atoms with Gasteiger partial charge in [0.05, 0.1) is 25.5 Å². The monoisotopic (exact) mass is 383 g/mol. The van der Waals surface area contributed by atoms with Crippen LogP contribution in [0.1, 0.15) is 15.9 Å². The summed E-state index contributed by atoms with van der Waals surface area (Å²) in [6.07, 6.45) is 0. The van der Waals surface area contributed by atoms with Gasteiger partial charge in [0.1, 0.15) is 11.5 Å². The van der Waals surface area contributed by atoms with E-state index < -0.39 is 0 Å². The lowest BCUT2D eigenvalue weighted by Gasteiger charge is -2.14. The molecule has 6 heteroatoms. The Morgan fingerprint density at radius 3 is 2.55 bits per heavy atom. The number of carbonyl (C=O) groups is 1. The molecule has 0 aliphatic heterocycles. The highest BCUT2D eigenvalue weighted by molar-refractivity contribution is 9.10. The molecular formula is C16H15BrClNO3. The number of halogens is 2. The Morgan fingerprint density at radius 2 is 1.91 bits per heavy atom. The van der Waals surface area contributed by atoms with Gasteiger partial charge in [-0.05, 0) is 42.8 Å². The fourth-order valence-electron chi connectivity index (χ4n) is 2.14. The van der Waals surface area contributed by atoms with Crippen LogP contribution in [0.3, 0.4) is 0 Å². The molecule has 2 rings (SSSR count). The summed E-state index contributed by atoms with van der Waals surface area (Å²) in [6.45, 7) is 1.88. The minimum atomic E-state index is -0.304. The molecule has 2 aromatic carbocycles. The predicted octanol–water partition coefficient (Wildman–Crippen LogP) is 4.68. The number of hydrogen-bond donors (Lipinski definition) is 1. The maximum atomic E-state index is 12.6. The Labute approximate surface area is 142 Å². The number of hydrogen-bond acceptors (Lipinski definition) is 3. The van der Waals surface area contributed by atoms with E-state index in [1.807, 2.05) is 13.0 Å². The van der Waals surface area contributed by atoms with Gasteiger partial charge in [0.15, 0.2) is 0 Å². The number of rotatable bonds is 4. The van der Waals surface area contributed by atoms with Crippen LogP contribution in [0.15, 0.2) is 34.8 Å². The van der Waals surface area contributed by atoms with Gasteiger partial charge in [-0.1, -0.05) is 27.5 Å². The van der Waals surface area contributed by atoms with Crippen LogP contribution in [0.25, 0.3) is 0 Å². The molecule has 0 saturated heterocycles. The van der Waals surface area contributed by atoms with Crippen molar-refractivity contribution in [1.82, 2.24) is 0 Å². The number of anilines is 1. The first-order valence-electron chi connectivity index (χ1n) is 6.45. The van der Waals surface area contributed by atoms with Crippen molar-refractivity contribution in [2.75, 3.05) is 19.5 Å². The zero-order valence-corrected chi connectivity index (χ0v) is 14.7. The Kier molecular flexibility index (Phi) is 5.32. The number of ether oxygens (including phenoxy) is 2. The van der Waals surface area contributed by atoms with E-state index in [1.165, 1.54) is 14.2 Å². The van der Waals surface area contributed by atoms with Crippen molar-refractivity contribution in [2.24, 2.45) is 0 Å². The van der Waals surface area contributed by atoms with Gasteiger partial charge in [0.25, 0.3) is 5.91 Å². The molecule has 116 valence electrons. The molecule has 0 atom stereocenters. The maximum Gasteiger partial charge on any atom is 0.259 e. The molecule has 0 aliphatic rings. The van der Waals surface area contributed by atoms with E-state index in [0.717, 1.165) is 10.0 Å². The molecule has 0 spiro atoms.